The van der Waals surface area contributed by atoms with E-state index in [-0.39, 0.29) is 16.8 Å². The summed E-state index contributed by atoms with van der Waals surface area (Å²) in [6.07, 6.45) is 0.724. The van der Waals surface area contributed by atoms with Crippen LogP contribution in [0, 0.1) is 5.82 Å². The third kappa shape index (κ3) is 5.36. The first kappa shape index (κ1) is 27.2. The van der Waals surface area contributed by atoms with Crippen molar-refractivity contribution in [3.8, 4) is 22.6 Å². The van der Waals surface area contributed by atoms with Crippen LogP contribution in [0.4, 0.5) is 4.39 Å². The Labute approximate surface area is 233 Å². The van der Waals surface area contributed by atoms with E-state index in [1.54, 1.807) is 31.4 Å². The zero-order chi connectivity index (χ0) is 28.3. The fourth-order valence-corrected chi connectivity index (χ4v) is 5.20. The highest BCUT2D eigenvalue weighted by atomic mass is 19.1. The second kappa shape index (κ2) is 11.4. The van der Waals surface area contributed by atoms with Gasteiger partial charge in [-0.05, 0) is 66.1 Å². The second-order valence-electron chi connectivity index (χ2n) is 10.5. The van der Waals surface area contributed by atoms with E-state index in [2.05, 4.69) is 18.4 Å². The molecule has 204 valence electrons. The van der Waals surface area contributed by atoms with Crippen LogP contribution in [-0.2, 0) is 16.8 Å². The molecule has 0 radical (unpaired) electrons. The molecule has 1 heterocycles. The molecule has 0 bridgehead atoms. The van der Waals surface area contributed by atoms with Crippen molar-refractivity contribution in [3.63, 3.8) is 0 Å². The molecule has 0 spiro atoms. The molecule has 0 saturated heterocycles. The molecule has 1 N–H and O–H groups in total. The molecule has 0 aliphatic carbocycles. The Morgan fingerprint density at radius 1 is 0.900 bits per heavy atom. The number of carboxylic acids is 1. The maximum absolute atomic E-state index is 14.0. The van der Waals surface area contributed by atoms with Crippen molar-refractivity contribution >= 4 is 16.9 Å². The van der Waals surface area contributed by atoms with E-state index in [0.29, 0.717) is 19.0 Å². The van der Waals surface area contributed by atoms with Crippen LogP contribution in [0.2, 0.25) is 0 Å². The predicted octanol–water partition coefficient (Wildman–Crippen LogP) is 8.03. The molecule has 0 aliphatic rings. The Bertz CT molecular complexity index is 1620. The summed E-state index contributed by atoms with van der Waals surface area (Å²) < 4.78 is 28.1. The van der Waals surface area contributed by atoms with Crippen LogP contribution in [0.25, 0.3) is 27.7 Å². The van der Waals surface area contributed by atoms with E-state index in [1.807, 2.05) is 60.7 Å². The highest BCUT2D eigenvalue weighted by Crippen LogP contribution is 2.47. The third-order valence-electron chi connectivity index (χ3n) is 7.27. The Kier molecular flexibility index (Phi) is 7.71. The summed E-state index contributed by atoms with van der Waals surface area (Å²) in [7, 11) is 1.69. The number of carboxylic acid groups (broad SMARTS) is 1. The van der Waals surface area contributed by atoms with Crippen LogP contribution in [-0.4, -0.2) is 29.4 Å². The fraction of sp³-hybridized carbons (Fsp3) is 0.206. The van der Waals surface area contributed by atoms with Gasteiger partial charge in [-0.1, -0.05) is 62.4 Å². The molecule has 0 saturated carbocycles. The largest absolute Gasteiger partial charge is 0.488 e. The molecule has 0 atom stereocenters. The monoisotopic (exact) mass is 537 g/mol. The number of halogens is 1. The number of aromatic carboxylic acids is 1. The minimum atomic E-state index is -0.979. The molecule has 0 amide bonds. The van der Waals surface area contributed by atoms with Gasteiger partial charge in [0.05, 0.1) is 16.5 Å². The number of aromatic nitrogens is 1. The lowest BCUT2D eigenvalue weighted by atomic mass is 9.81. The molecule has 0 unspecified atom stereocenters. The zero-order valence-corrected chi connectivity index (χ0v) is 22.9. The van der Waals surface area contributed by atoms with Gasteiger partial charge in [-0.25, -0.2) is 9.18 Å². The number of methoxy groups -OCH3 is 1. The summed E-state index contributed by atoms with van der Waals surface area (Å²) in [6, 6.07) is 29.4. The molecule has 6 heteroatoms. The highest BCUT2D eigenvalue weighted by Gasteiger charge is 2.33. The summed E-state index contributed by atoms with van der Waals surface area (Å²) in [4.78, 5) is 11.6. The van der Waals surface area contributed by atoms with Crippen molar-refractivity contribution in [1.29, 1.82) is 0 Å². The predicted molar refractivity (Wildman–Crippen MR) is 156 cm³/mol. The van der Waals surface area contributed by atoms with E-state index in [1.165, 1.54) is 12.1 Å². The van der Waals surface area contributed by atoms with Crippen LogP contribution in [0.1, 0.15) is 41.9 Å². The smallest absolute Gasteiger partial charge is 0.335 e. The molecule has 5 nitrogen and oxygen atoms in total. The first-order valence-electron chi connectivity index (χ1n) is 13.2. The minimum Gasteiger partial charge on any atom is -0.488 e. The average molecular weight is 538 g/mol. The molecular weight excluding hydrogens is 505 g/mol. The summed E-state index contributed by atoms with van der Waals surface area (Å²) in [6.45, 7) is 5.27. The van der Waals surface area contributed by atoms with Crippen molar-refractivity contribution in [1.82, 2.24) is 4.57 Å². The van der Waals surface area contributed by atoms with Crippen molar-refractivity contribution in [2.75, 3.05) is 13.7 Å². The van der Waals surface area contributed by atoms with Gasteiger partial charge >= 0.3 is 5.97 Å². The van der Waals surface area contributed by atoms with Gasteiger partial charge in [-0.2, -0.15) is 0 Å². The molecule has 5 aromatic rings. The van der Waals surface area contributed by atoms with Crippen molar-refractivity contribution < 1.29 is 23.8 Å². The topological polar surface area (TPSA) is 60.7 Å². The summed E-state index contributed by atoms with van der Waals surface area (Å²) in [5.41, 5.74) is 5.42. The highest BCUT2D eigenvalue weighted by molar-refractivity contribution is 6.04. The third-order valence-corrected chi connectivity index (χ3v) is 7.27. The van der Waals surface area contributed by atoms with Gasteiger partial charge in [-0.15, -0.1) is 0 Å². The lowest BCUT2D eigenvalue weighted by Gasteiger charge is -2.29. The van der Waals surface area contributed by atoms with E-state index >= 15 is 0 Å². The number of fused-ring (bicyclic) bond motifs is 1. The number of nitrogens with zero attached hydrogens (tertiary/aromatic N) is 1. The van der Waals surface area contributed by atoms with E-state index in [9.17, 15) is 14.3 Å². The molecule has 0 fully saturated rings. The number of benzene rings is 4. The molecule has 4 aromatic carbocycles. The van der Waals surface area contributed by atoms with Crippen LogP contribution in [0.5, 0.6) is 5.75 Å². The van der Waals surface area contributed by atoms with Crippen LogP contribution < -0.4 is 4.74 Å². The average Bonchev–Trinajstić information content (AvgIpc) is 3.33. The van der Waals surface area contributed by atoms with E-state index in [0.717, 1.165) is 45.4 Å². The Balaban J connectivity index is 1.83. The Hall–Kier alpha value is -4.42. The number of hydrogen-bond acceptors (Lipinski definition) is 3. The van der Waals surface area contributed by atoms with Crippen LogP contribution in [0.15, 0.2) is 97.1 Å². The van der Waals surface area contributed by atoms with Gasteiger partial charge in [0.2, 0.25) is 0 Å². The summed E-state index contributed by atoms with van der Waals surface area (Å²) in [5.74, 6) is -0.576. The Morgan fingerprint density at radius 3 is 2.25 bits per heavy atom. The first-order valence-corrected chi connectivity index (χ1v) is 13.2. The molecule has 0 aliphatic heterocycles. The molecule has 1 aromatic heterocycles. The fourth-order valence-electron chi connectivity index (χ4n) is 5.20. The van der Waals surface area contributed by atoms with Gasteiger partial charge in [0.1, 0.15) is 18.2 Å². The number of ether oxygens (including phenoxy) is 2. The minimum absolute atomic E-state index is 0.215. The maximum Gasteiger partial charge on any atom is 0.335 e. The van der Waals surface area contributed by atoms with Gasteiger partial charge in [0.25, 0.3) is 0 Å². The normalized spacial score (nSPS) is 11.6. The van der Waals surface area contributed by atoms with Crippen LogP contribution in [0.3, 0.4) is 0 Å². The standard InChI is InChI=1S/C34H32FNO4/c1-34(2,20-21-39-3)32-30(24-12-14-25(15-13-24)33(37)38)31-28(36(32)27-18-16-26(35)17-19-27)10-7-11-29(31)40-22-23-8-5-4-6-9-23/h4-19H,20-22H2,1-3H3,(H,37,38). The molecule has 40 heavy (non-hydrogen) atoms. The molecular formula is C34H32FNO4. The Morgan fingerprint density at radius 2 is 1.60 bits per heavy atom. The molecule has 5 rings (SSSR count). The maximum atomic E-state index is 14.0. The SMILES string of the molecule is COCCC(C)(C)c1c(-c2ccc(C(=O)O)cc2)c2c(OCc3ccccc3)cccc2n1-c1ccc(F)cc1. The van der Waals surface area contributed by atoms with Crippen molar-refractivity contribution in [2.24, 2.45) is 0 Å². The van der Waals surface area contributed by atoms with Gasteiger partial charge in [0, 0.05) is 36.1 Å². The van der Waals surface area contributed by atoms with Crippen molar-refractivity contribution in [2.45, 2.75) is 32.3 Å². The first-order chi connectivity index (χ1) is 19.3. The van der Waals surface area contributed by atoms with Crippen LogP contribution >= 0.6 is 0 Å². The van der Waals surface area contributed by atoms with Gasteiger partial charge in [-0.3, -0.25) is 0 Å². The van der Waals surface area contributed by atoms with Gasteiger partial charge in [0.15, 0.2) is 0 Å². The van der Waals surface area contributed by atoms with E-state index in [4.69, 9.17) is 9.47 Å². The van der Waals surface area contributed by atoms with Crippen molar-refractivity contribution in [3.05, 3.63) is 120 Å². The lowest BCUT2D eigenvalue weighted by molar-refractivity contribution is 0.0697. The zero-order valence-electron chi connectivity index (χ0n) is 22.9. The van der Waals surface area contributed by atoms with E-state index < -0.39 is 5.97 Å². The second-order valence-corrected chi connectivity index (χ2v) is 10.5. The summed E-state index contributed by atoms with van der Waals surface area (Å²) >= 11 is 0. The summed E-state index contributed by atoms with van der Waals surface area (Å²) in [5, 5.41) is 10.4. The number of hydrogen-bond donors (Lipinski definition) is 1. The quantitative estimate of drug-likeness (QED) is 0.196. The number of carbonyl (C=O) groups is 1. The number of rotatable bonds is 10. The lowest BCUT2D eigenvalue weighted by Crippen LogP contribution is -2.24. The van der Waals surface area contributed by atoms with Gasteiger partial charge < -0.3 is 19.1 Å².